The van der Waals surface area contributed by atoms with Crippen LogP contribution in [0.15, 0.2) is 22.7 Å². The zero-order valence-electron chi connectivity index (χ0n) is 10.7. The minimum atomic E-state index is -1.11. The standard InChI is InChI=1S/C12H16BrN3O3/c1-16(2)10-4-3-7(13)5-9(10)15-12(19)8(14)6-11(17)18/h3-5,8H,6,14H2,1-2H3,(H,15,19)(H,17,18). The van der Waals surface area contributed by atoms with Crippen LogP contribution >= 0.6 is 15.9 Å². The van der Waals surface area contributed by atoms with Crippen LogP contribution in [-0.4, -0.2) is 37.1 Å². The van der Waals surface area contributed by atoms with Crippen molar-refractivity contribution in [3.05, 3.63) is 22.7 Å². The summed E-state index contributed by atoms with van der Waals surface area (Å²) in [6, 6.07) is 4.34. The molecular weight excluding hydrogens is 314 g/mol. The minimum Gasteiger partial charge on any atom is -0.481 e. The molecule has 19 heavy (non-hydrogen) atoms. The van der Waals surface area contributed by atoms with E-state index in [9.17, 15) is 9.59 Å². The fourth-order valence-corrected chi connectivity index (χ4v) is 1.87. The number of hydrogen-bond acceptors (Lipinski definition) is 4. The first-order valence-corrected chi connectivity index (χ1v) is 6.35. The second-order valence-corrected chi connectivity index (χ2v) is 5.17. The molecule has 104 valence electrons. The molecule has 0 aliphatic rings. The van der Waals surface area contributed by atoms with Crippen LogP contribution in [0.4, 0.5) is 11.4 Å². The van der Waals surface area contributed by atoms with E-state index in [1.54, 1.807) is 6.07 Å². The third kappa shape index (κ3) is 4.53. The maximum atomic E-state index is 11.8. The molecule has 0 aromatic heterocycles. The summed E-state index contributed by atoms with van der Waals surface area (Å²) in [5, 5.41) is 11.2. The second kappa shape index (κ2) is 6.53. The fourth-order valence-electron chi connectivity index (χ4n) is 1.50. The van der Waals surface area contributed by atoms with E-state index in [0.29, 0.717) is 5.69 Å². The van der Waals surface area contributed by atoms with Gasteiger partial charge in [-0.1, -0.05) is 15.9 Å². The summed E-state index contributed by atoms with van der Waals surface area (Å²) < 4.78 is 0.806. The number of amides is 1. The smallest absolute Gasteiger partial charge is 0.305 e. The van der Waals surface area contributed by atoms with Crippen molar-refractivity contribution in [2.45, 2.75) is 12.5 Å². The topological polar surface area (TPSA) is 95.7 Å². The van der Waals surface area contributed by atoms with E-state index in [1.807, 2.05) is 31.1 Å². The number of carbonyl (C=O) groups is 2. The molecule has 7 heteroatoms. The molecule has 1 amide bonds. The Bertz CT molecular complexity index is 491. The lowest BCUT2D eigenvalue weighted by molar-refractivity contribution is -0.138. The Labute approximate surface area is 119 Å². The summed E-state index contributed by atoms with van der Waals surface area (Å²) in [7, 11) is 3.69. The van der Waals surface area contributed by atoms with E-state index < -0.39 is 24.3 Å². The van der Waals surface area contributed by atoms with Gasteiger partial charge in [0, 0.05) is 18.6 Å². The number of carbonyl (C=O) groups excluding carboxylic acids is 1. The van der Waals surface area contributed by atoms with Gasteiger partial charge in [-0.15, -0.1) is 0 Å². The molecule has 1 unspecified atom stereocenters. The summed E-state index contributed by atoms with van der Waals surface area (Å²) in [6.07, 6.45) is -0.406. The predicted molar refractivity (Wildman–Crippen MR) is 77.3 cm³/mol. The maximum absolute atomic E-state index is 11.8. The molecule has 0 bridgehead atoms. The van der Waals surface area contributed by atoms with Crippen LogP contribution in [0.1, 0.15) is 6.42 Å². The summed E-state index contributed by atoms with van der Waals surface area (Å²) in [6.45, 7) is 0. The van der Waals surface area contributed by atoms with Gasteiger partial charge in [0.1, 0.15) is 0 Å². The van der Waals surface area contributed by atoms with Gasteiger partial charge in [0.2, 0.25) is 5.91 Å². The Morgan fingerprint density at radius 3 is 2.63 bits per heavy atom. The number of halogens is 1. The van der Waals surface area contributed by atoms with Crippen molar-refractivity contribution in [2.24, 2.45) is 5.73 Å². The molecule has 0 saturated carbocycles. The van der Waals surface area contributed by atoms with Crippen molar-refractivity contribution in [1.29, 1.82) is 0 Å². The molecular formula is C12H16BrN3O3. The lowest BCUT2D eigenvalue weighted by Gasteiger charge is -2.19. The van der Waals surface area contributed by atoms with Crippen LogP contribution in [0.3, 0.4) is 0 Å². The summed E-state index contributed by atoms with van der Waals surface area (Å²) in [5.41, 5.74) is 6.89. The molecule has 1 aromatic carbocycles. The molecule has 0 fully saturated rings. The predicted octanol–water partition coefficient (Wildman–Crippen LogP) is 1.26. The quantitative estimate of drug-likeness (QED) is 0.755. The van der Waals surface area contributed by atoms with Gasteiger partial charge < -0.3 is 21.1 Å². The third-order valence-corrected chi connectivity index (χ3v) is 2.92. The average molecular weight is 330 g/mol. The highest BCUT2D eigenvalue weighted by Crippen LogP contribution is 2.28. The number of nitrogens with zero attached hydrogens (tertiary/aromatic N) is 1. The molecule has 0 aliphatic heterocycles. The number of nitrogens with one attached hydrogen (secondary N) is 1. The van der Waals surface area contributed by atoms with Crippen molar-refractivity contribution in [1.82, 2.24) is 0 Å². The number of nitrogens with two attached hydrogens (primary N) is 1. The van der Waals surface area contributed by atoms with Gasteiger partial charge in [-0.2, -0.15) is 0 Å². The molecule has 0 aliphatic carbocycles. The van der Waals surface area contributed by atoms with Crippen molar-refractivity contribution < 1.29 is 14.7 Å². The van der Waals surface area contributed by atoms with Gasteiger partial charge in [0.25, 0.3) is 0 Å². The highest BCUT2D eigenvalue weighted by Gasteiger charge is 2.18. The Morgan fingerprint density at radius 2 is 2.11 bits per heavy atom. The number of carboxylic acids is 1. The summed E-state index contributed by atoms with van der Waals surface area (Å²) >= 11 is 3.32. The first kappa shape index (κ1) is 15.5. The number of benzene rings is 1. The zero-order chi connectivity index (χ0) is 14.6. The molecule has 0 spiro atoms. The van der Waals surface area contributed by atoms with Gasteiger partial charge in [-0.25, -0.2) is 0 Å². The molecule has 1 aromatic rings. The SMILES string of the molecule is CN(C)c1ccc(Br)cc1NC(=O)C(N)CC(=O)O. The van der Waals surface area contributed by atoms with Crippen molar-refractivity contribution in [3.8, 4) is 0 Å². The van der Waals surface area contributed by atoms with E-state index in [0.717, 1.165) is 10.2 Å². The van der Waals surface area contributed by atoms with Crippen LogP contribution in [-0.2, 0) is 9.59 Å². The Hall–Kier alpha value is -1.60. The van der Waals surface area contributed by atoms with Crippen LogP contribution < -0.4 is 16.0 Å². The van der Waals surface area contributed by atoms with E-state index >= 15 is 0 Å². The number of aliphatic carboxylic acids is 1. The fraction of sp³-hybridized carbons (Fsp3) is 0.333. The molecule has 6 nitrogen and oxygen atoms in total. The average Bonchev–Trinajstić information content (AvgIpc) is 2.27. The number of carboxylic acid groups (broad SMARTS) is 1. The highest BCUT2D eigenvalue weighted by molar-refractivity contribution is 9.10. The molecule has 0 radical (unpaired) electrons. The van der Waals surface area contributed by atoms with Crippen molar-refractivity contribution in [2.75, 3.05) is 24.3 Å². The Kier molecular flexibility index (Phi) is 5.31. The lowest BCUT2D eigenvalue weighted by Crippen LogP contribution is -2.37. The van der Waals surface area contributed by atoms with Crippen LogP contribution in [0, 0.1) is 0 Å². The highest BCUT2D eigenvalue weighted by atomic mass is 79.9. The molecule has 1 rings (SSSR count). The first-order chi connectivity index (χ1) is 8.81. The summed E-state index contributed by atoms with van der Waals surface area (Å²) in [5.74, 6) is -1.63. The van der Waals surface area contributed by atoms with E-state index in [4.69, 9.17) is 10.8 Å². The maximum Gasteiger partial charge on any atom is 0.305 e. The molecule has 0 saturated heterocycles. The molecule has 4 N–H and O–H groups in total. The van der Waals surface area contributed by atoms with E-state index in [2.05, 4.69) is 21.2 Å². The number of rotatable bonds is 5. The summed E-state index contributed by atoms with van der Waals surface area (Å²) in [4.78, 5) is 24.2. The molecule has 1 atom stereocenters. The Morgan fingerprint density at radius 1 is 1.47 bits per heavy atom. The first-order valence-electron chi connectivity index (χ1n) is 5.56. The third-order valence-electron chi connectivity index (χ3n) is 2.43. The minimum absolute atomic E-state index is 0.406. The van der Waals surface area contributed by atoms with Crippen molar-refractivity contribution >= 4 is 39.2 Å². The second-order valence-electron chi connectivity index (χ2n) is 4.25. The molecule has 0 heterocycles. The van der Waals surface area contributed by atoms with Crippen LogP contribution in [0.25, 0.3) is 0 Å². The van der Waals surface area contributed by atoms with Crippen LogP contribution in [0.2, 0.25) is 0 Å². The monoisotopic (exact) mass is 329 g/mol. The lowest BCUT2D eigenvalue weighted by atomic mass is 10.2. The van der Waals surface area contributed by atoms with Gasteiger partial charge in [-0.05, 0) is 18.2 Å². The Balaban J connectivity index is 2.89. The van der Waals surface area contributed by atoms with Gasteiger partial charge >= 0.3 is 5.97 Å². The largest absolute Gasteiger partial charge is 0.481 e. The van der Waals surface area contributed by atoms with Gasteiger partial charge in [-0.3, -0.25) is 9.59 Å². The zero-order valence-corrected chi connectivity index (χ0v) is 12.3. The number of hydrogen-bond donors (Lipinski definition) is 3. The normalized spacial score (nSPS) is 11.8. The van der Waals surface area contributed by atoms with E-state index in [-0.39, 0.29) is 0 Å². The van der Waals surface area contributed by atoms with Gasteiger partial charge in [0.05, 0.1) is 23.8 Å². The van der Waals surface area contributed by atoms with Crippen molar-refractivity contribution in [3.63, 3.8) is 0 Å². The number of anilines is 2. The van der Waals surface area contributed by atoms with Crippen LogP contribution in [0.5, 0.6) is 0 Å². The van der Waals surface area contributed by atoms with Gasteiger partial charge in [0.15, 0.2) is 0 Å². The van der Waals surface area contributed by atoms with E-state index in [1.165, 1.54) is 0 Å².